The Bertz CT molecular complexity index is 1210. The summed E-state index contributed by atoms with van der Waals surface area (Å²) in [4.78, 5) is 37.0. The third kappa shape index (κ3) is 7.41. The van der Waals surface area contributed by atoms with Gasteiger partial charge in [0.15, 0.2) is 11.0 Å². The fraction of sp³-hybridized carbons (Fsp3) is 0.320. The molecule has 1 heterocycles. The van der Waals surface area contributed by atoms with Crippen molar-refractivity contribution in [2.75, 3.05) is 11.1 Å². The van der Waals surface area contributed by atoms with Crippen molar-refractivity contribution in [1.29, 1.82) is 0 Å². The van der Waals surface area contributed by atoms with Gasteiger partial charge < -0.3 is 19.9 Å². The van der Waals surface area contributed by atoms with Gasteiger partial charge in [-0.25, -0.2) is 4.79 Å². The zero-order valence-corrected chi connectivity index (χ0v) is 21.0. The number of carbonyl (C=O) groups is 3. The number of carbonyl (C=O) groups excluding carboxylic acids is 3. The normalized spacial score (nSPS) is 10.8. The highest BCUT2D eigenvalue weighted by atomic mass is 32.2. The summed E-state index contributed by atoms with van der Waals surface area (Å²) in [5.74, 6) is -0.165. The molecule has 35 heavy (non-hydrogen) atoms. The summed E-state index contributed by atoms with van der Waals surface area (Å²) in [7, 11) is 0. The van der Waals surface area contributed by atoms with E-state index in [1.165, 1.54) is 11.8 Å². The van der Waals surface area contributed by atoms with E-state index in [1.807, 2.05) is 36.6 Å². The number of esters is 1. The number of nitrogens with one attached hydrogen (secondary N) is 2. The summed E-state index contributed by atoms with van der Waals surface area (Å²) in [5.41, 5.74) is 2.46. The van der Waals surface area contributed by atoms with Gasteiger partial charge in [-0.1, -0.05) is 35.5 Å². The molecule has 0 atom stereocenters. The van der Waals surface area contributed by atoms with Crippen LogP contribution in [0.5, 0.6) is 0 Å². The van der Waals surface area contributed by atoms with Crippen LogP contribution in [0, 0.1) is 6.92 Å². The van der Waals surface area contributed by atoms with Gasteiger partial charge in [0.1, 0.15) is 0 Å². The number of ether oxygens (including phenoxy) is 1. The number of hydrogen-bond acceptors (Lipinski definition) is 7. The van der Waals surface area contributed by atoms with Crippen LogP contribution in [0.2, 0.25) is 0 Å². The number of amides is 2. The van der Waals surface area contributed by atoms with Gasteiger partial charge in [-0.2, -0.15) is 0 Å². The fourth-order valence-electron chi connectivity index (χ4n) is 3.26. The molecular weight excluding hydrogens is 466 g/mol. The minimum absolute atomic E-state index is 0.106. The first kappa shape index (κ1) is 26.0. The first-order chi connectivity index (χ1) is 16.8. The number of rotatable bonds is 10. The van der Waals surface area contributed by atoms with Crippen molar-refractivity contribution < 1.29 is 19.1 Å². The first-order valence-corrected chi connectivity index (χ1v) is 12.3. The minimum atomic E-state index is -0.441. The molecule has 10 heteroatoms. The van der Waals surface area contributed by atoms with Gasteiger partial charge in [-0.05, 0) is 58.0 Å². The third-order valence-corrected chi connectivity index (χ3v) is 5.82. The van der Waals surface area contributed by atoms with Gasteiger partial charge in [-0.15, -0.1) is 10.2 Å². The Kier molecular flexibility index (Phi) is 9.02. The van der Waals surface area contributed by atoms with Crippen LogP contribution in [0.25, 0.3) is 0 Å². The quantitative estimate of drug-likeness (QED) is 0.324. The zero-order chi connectivity index (χ0) is 25.4. The molecule has 2 N–H and O–H groups in total. The molecule has 2 aromatic carbocycles. The molecule has 0 spiro atoms. The molecule has 184 valence electrons. The second-order valence-electron chi connectivity index (χ2n) is 8.07. The Hall–Kier alpha value is -3.66. The second-order valence-corrected chi connectivity index (χ2v) is 9.01. The van der Waals surface area contributed by atoms with Crippen molar-refractivity contribution in [3.05, 3.63) is 71.0 Å². The Morgan fingerprint density at radius 1 is 1.06 bits per heavy atom. The monoisotopic (exact) mass is 495 g/mol. The highest BCUT2D eigenvalue weighted by Crippen LogP contribution is 2.19. The summed E-state index contributed by atoms with van der Waals surface area (Å²) in [6.45, 7) is 8.24. The zero-order valence-electron chi connectivity index (χ0n) is 20.2. The highest BCUT2D eigenvalue weighted by Gasteiger charge is 2.15. The number of hydrogen-bond donors (Lipinski definition) is 2. The molecule has 0 saturated heterocycles. The maximum atomic E-state index is 12.5. The topological polar surface area (TPSA) is 115 Å². The lowest BCUT2D eigenvalue weighted by Gasteiger charge is -2.10. The fourth-order valence-corrected chi connectivity index (χ4v) is 4.08. The maximum absolute atomic E-state index is 12.5. The van der Waals surface area contributed by atoms with Crippen molar-refractivity contribution >= 4 is 35.2 Å². The van der Waals surface area contributed by atoms with Crippen LogP contribution in [0.3, 0.4) is 0 Å². The summed E-state index contributed by atoms with van der Waals surface area (Å²) in [6.07, 6.45) is -0.228. The summed E-state index contributed by atoms with van der Waals surface area (Å²) < 4.78 is 7.05. The minimum Gasteiger partial charge on any atom is -0.459 e. The molecule has 9 nitrogen and oxygen atoms in total. The maximum Gasteiger partial charge on any atom is 0.338 e. The Balaban J connectivity index is 1.56. The van der Waals surface area contributed by atoms with Crippen LogP contribution >= 0.6 is 11.8 Å². The van der Waals surface area contributed by atoms with E-state index in [2.05, 4.69) is 20.8 Å². The molecule has 2 amide bonds. The molecule has 0 unspecified atom stereocenters. The van der Waals surface area contributed by atoms with E-state index >= 15 is 0 Å². The highest BCUT2D eigenvalue weighted by molar-refractivity contribution is 7.99. The number of anilines is 1. The van der Waals surface area contributed by atoms with Crippen molar-refractivity contribution in [2.24, 2.45) is 0 Å². The van der Waals surface area contributed by atoms with E-state index in [0.29, 0.717) is 34.3 Å². The SMILES string of the molecule is CCn1c(CNC(=O)c2cccc(C)c2)nnc1SCC(=O)Nc1cccc(C(=O)OC(C)C)c1. The van der Waals surface area contributed by atoms with E-state index in [-0.39, 0.29) is 30.2 Å². The van der Waals surface area contributed by atoms with Crippen LogP contribution in [-0.4, -0.2) is 44.4 Å². The summed E-state index contributed by atoms with van der Waals surface area (Å²) in [6, 6.07) is 14.0. The first-order valence-electron chi connectivity index (χ1n) is 11.3. The summed E-state index contributed by atoms with van der Waals surface area (Å²) >= 11 is 1.24. The molecule has 0 saturated carbocycles. The largest absolute Gasteiger partial charge is 0.459 e. The number of benzene rings is 2. The van der Waals surface area contributed by atoms with E-state index < -0.39 is 5.97 Å². The molecule has 3 rings (SSSR count). The van der Waals surface area contributed by atoms with Crippen molar-refractivity contribution in [3.8, 4) is 0 Å². The Morgan fingerprint density at radius 2 is 1.80 bits per heavy atom. The van der Waals surface area contributed by atoms with E-state index in [4.69, 9.17) is 4.74 Å². The van der Waals surface area contributed by atoms with Gasteiger partial charge in [0, 0.05) is 17.8 Å². The Labute approximate surface area is 208 Å². The molecule has 3 aromatic rings. The standard InChI is InChI=1S/C25H29N5O4S/c1-5-30-21(14-26-23(32)18-9-6-8-17(4)12-18)28-29-25(30)35-15-22(31)27-20-11-7-10-19(13-20)24(33)34-16(2)3/h6-13,16H,5,14-15H2,1-4H3,(H,26,32)(H,27,31). The van der Waals surface area contributed by atoms with Gasteiger partial charge in [0.2, 0.25) is 5.91 Å². The van der Waals surface area contributed by atoms with E-state index in [1.54, 1.807) is 44.2 Å². The van der Waals surface area contributed by atoms with Crippen LogP contribution in [-0.2, 0) is 22.6 Å². The molecule has 0 aliphatic carbocycles. The predicted molar refractivity (Wildman–Crippen MR) is 134 cm³/mol. The van der Waals surface area contributed by atoms with Crippen molar-refractivity contribution in [1.82, 2.24) is 20.1 Å². The molecule has 0 aliphatic rings. The molecule has 0 fully saturated rings. The van der Waals surface area contributed by atoms with Crippen LogP contribution in [0.4, 0.5) is 5.69 Å². The molecule has 0 aliphatic heterocycles. The molecule has 1 aromatic heterocycles. The molecule has 0 bridgehead atoms. The average molecular weight is 496 g/mol. The lowest BCUT2D eigenvalue weighted by Crippen LogP contribution is -2.25. The lowest BCUT2D eigenvalue weighted by molar-refractivity contribution is -0.113. The number of aryl methyl sites for hydroxylation is 1. The second kappa shape index (κ2) is 12.2. The lowest BCUT2D eigenvalue weighted by atomic mass is 10.1. The predicted octanol–water partition coefficient (Wildman–Crippen LogP) is 3.83. The van der Waals surface area contributed by atoms with Crippen LogP contribution < -0.4 is 10.6 Å². The number of aromatic nitrogens is 3. The summed E-state index contributed by atoms with van der Waals surface area (Å²) in [5, 5.41) is 14.6. The van der Waals surface area contributed by atoms with Crippen molar-refractivity contribution in [3.63, 3.8) is 0 Å². The average Bonchev–Trinajstić information content (AvgIpc) is 3.22. The molecular formula is C25H29N5O4S. The van der Waals surface area contributed by atoms with Crippen LogP contribution in [0.15, 0.2) is 53.7 Å². The van der Waals surface area contributed by atoms with Crippen molar-refractivity contribution in [2.45, 2.75) is 52.0 Å². The molecule has 0 radical (unpaired) electrons. The van der Waals surface area contributed by atoms with E-state index in [0.717, 1.165) is 5.56 Å². The van der Waals surface area contributed by atoms with Gasteiger partial charge in [0.25, 0.3) is 5.91 Å². The number of nitrogens with zero attached hydrogens (tertiary/aromatic N) is 3. The van der Waals surface area contributed by atoms with E-state index in [9.17, 15) is 14.4 Å². The number of thioether (sulfide) groups is 1. The Morgan fingerprint density at radius 3 is 2.51 bits per heavy atom. The van der Waals surface area contributed by atoms with Gasteiger partial charge >= 0.3 is 5.97 Å². The smallest absolute Gasteiger partial charge is 0.338 e. The van der Waals surface area contributed by atoms with Crippen LogP contribution in [0.1, 0.15) is 52.9 Å². The van der Waals surface area contributed by atoms with Gasteiger partial charge in [0.05, 0.1) is 24.0 Å². The third-order valence-electron chi connectivity index (χ3n) is 4.85. The van der Waals surface area contributed by atoms with Gasteiger partial charge in [-0.3, -0.25) is 9.59 Å².